The third kappa shape index (κ3) is 4.99. The Labute approximate surface area is 197 Å². The summed E-state index contributed by atoms with van der Waals surface area (Å²) >= 11 is 0. The summed E-state index contributed by atoms with van der Waals surface area (Å²) in [7, 11) is 0. The molecule has 2 aromatic heterocycles. The summed E-state index contributed by atoms with van der Waals surface area (Å²) in [5.41, 5.74) is 1.69. The van der Waals surface area contributed by atoms with Crippen LogP contribution in [0.25, 0.3) is 11.4 Å². The lowest BCUT2D eigenvalue weighted by Crippen LogP contribution is -2.43. The van der Waals surface area contributed by atoms with Crippen molar-refractivity contribution in [3.63, 3.8) is 0 Å². The van der Waals surface area contributed by atoms with E-state index >= 15 is 0 Å². The average molecular weight is 462 g/mol. The molecule has 176 valence electrons. The highest BCUT2D eigenvalue weighted by molar-refractivity contribution is 5.81. The number of nitrogens with one attached hydrogen (secondary N) is 1. The van der Waals surface area contributed by atoms with Crippen molar-refractivity contribution in [1.82, 2.24) is 25.3 Å². The summed E-state index contributed by atoms with van der Waals surface area (Å²) in [4.78, 5) is 36.6. The monoisotopic (exact) mass is 461 g/mol. The van der Waals surface area contributed by atoms with Crippen LogP contribution in [0, 0.1) is 5.92 Å². The average Bonchev–Trinajstić information content (AvgIpc) is 3.53. The van der Waals surface area contributed by atoms with Gasteiger partial charge in [0, 0.05) is 43.0 Å². The maximum atomic E-state index is 13.2. The standard InChI is InChI=1S/C25H27N5O4/c31-22(13-17-5-4-8-26-16-17)27-21-15-19(25(32)30-9-11-33-12-10-30)14-20(21)24-28-23(29-34-24)18-6-2-1-3-7-18/h1-8,16,19-21H,9-15H2,(H,27,31)/t19-,20-,21+/m1/s1. The zero-order valence-corrected chi connectivity index (χ0v) is 18.8. The second-order valence-corrected chi connectivity index (χ2v) is 8.75. The second kappa shape index (κ2) is 10.1. The lowest BCUT2D eigenvalue weighted by atomic mass is 10.0. The molecule has 34 heavy (non-hydrogen) atoms. The molecule has 2 fully saturated rings. The van der Waals surface area contributed by atoms with Crippen LogP contribution < -0.4 is 5.32 Å². The minimum Gasteiger partial charge on any atom is -0.378 e. The van der Waals surface area contributed by atoms with E-state index in [1.807, 2.05) is 47.4 Å². The Bertz CT molecular complexity index is 1110. The summed E-state index contributed by atoms with van der Waals surface area (Å²) in [5, 5.41) is 7.28. The minimum absolute atomic E-state index is 0.0973. The zero-order chi connectivity index (χ0) is 23.3. The molecule has 1 aliphatic heterocycles. The normalized spacial score (nSPS) is 22.5. The van der Waals surface area contributed by atoms with E-state index in [-0.39, 0.29) is 36.1 Å². The van der Waals surface area contributed by atoms with Crippen LogP contribution in [-0.2, 0) is 20.7 Å². The molecule has 2 amide bonds. The number of hydrogen-bond donors (Lipinski definition) is 1. The van der Waals surface area contributed by atoms with Crippen molar-refractivity contribution in [2.45, 2.75) is 31.2 Å². The Morgan fingerprint density at radius 3 is 2.65 bits per heavy atom. The molecule has 0 radical (unpaired) electrons. The van der Waals surface area contributed by atoms with Crippen molar-refractivity contribution in [2.75, 3.05) is 26.3 Å². The molecule has 9 heteroatoms. The van der Waals surface area contributed by atoms with Crippen molar-refractivity contribution >= 4 is 11.8 Å². The molecule has 1 aromatic carbocycles. The number of nitrogens with zero attached hydrogens (tertiary/aromatic N) is 4. The maximum absolute atomic E-state index is 13.2. The van der Waals surface area contributed by atoms with Crippen LogP contribution in [-0.4, -0.2) is 64.2 Å². The van der Waals surface area contributed by atoms with Crippen LogP contribution in [0.3, 0.4) is 0 Å². The third-order valence-corrected chi connectivity index (χ3v) is 6.46. The van der Waals surface area contributed by atoms with Gasteiger partial charge in [0.1, 0.15) is 0 Å². The molecule has 9 nitrogen and oxygen atoms in total. The van der Waals surface area contributed by atoms with Gasteiger partial charge in [0.05, 0.1) is 25.6 Å². The van der Waals surface area contributed by atoms with E-state index in [2.05, 4.69) is 20.4 Å². The van der Waals surface area contributed by atoms with Gasteiger partial charge in [-0.2, -0.15) is 4.98 Å². The van der Waals surface area contributed by atoms with Crippen LogP contribution in [0.5, 0.6) is 0 Å². The van der Waals surface area contributed by atoms with Crippen LogP contribution in [0.2, 0.25) is 0 Å². The summed E-state index contributed by atoms with van der Waals surface area (Å²) in [6.07, 6.45) is 4.65. The first-order valence-electron chi connectivity index (χ1n) is 11.6. The van der Waals surface area contributed by atoms with Crippen molar-refractivity contribution in [2.24, 2.45) is 5.92 Å². The highest BCUT2D eigenvalue weighted by Crippen LogP contribution is 2.39. The van der Waals surface area contributed by atoms with E-state index in [0.29, 0.717) is 50.9 Å². The van der Waals surface area contributed by atoms with Gasteiger partial charge in [-0.15, -0.1) is 0 Å². The van der Waals surface area contributed by atoms with E-state index in [1.54, 1.807) is 12.4 Å². The van der Waals surface area contributed by atoms with Gasteiger partial charge in [-0.25, -0.2) is 0 Å². The van der Waals surface area contributed by atoms with Gasteiger partial charge in [0.15, 0.2) is 0 Å². The molecule has 0 spiro atoms. The summed E-state index contributed by atoms with van der Waals surface area (Å²) in [5.74, 6) is 0.462. The number of carbonyl (C=O) groups is 2. The van der Waals surface area contributed by atoms with Gasteiger partial charge in [-0.1, -0.05) is 41.6 Å². The Morgan fingerprint density at radius 2 is 1.88 bits per heavy atom. The van der Waals surface area contributed by atoms with Crippen molar-refractivity contribution in [3.05, 3.63) is 66.3 Å². The number of hydrogen-bond acceptors (Lipinski definition) is 7. The smallest absolute Gasteiger partial charge is 0.232 e. The van der Waals surface area contributed by atoms with Crippen molar-refractivity contribution in [3.8, 4) is 11.4 Å². The minimum atomic E-state index is -0.275. The molecule has 5 rings (SSSR count). The fourth-order valence-electron chi connectivity index (χ4n) is 4.75. The molecule has 2 aliphatic rings. The highest BCUT2D eigenvalue weighted by atomic mass is 16.5. The SMILES string of the molecule is O=C(Cc1cccnc1)N[C@H]1C[C@H](C(=O)N2CCOCC2)C[C@H]1c1nc(-c2ccccc2)no1. The molecule has 3 atom stereocenters. The molecule has 0 unspecified atom stereocenters. The first-order valence-corrected chi connectivity index (χ1v) is 11.6. The quantitative estimate of drug-likeness (QED) is 0.599. The summed E-state index contributed by atoms with van der Waals surface area (Å²) < 4.78 is 11.0. The van der Waals surface area contributed by atoms with Gasteiger partial charge >= 0.3 is 0 Å². The third-order valence-electron chi connectivity index (χ3n) is 6.46. The van der Waals surface area contributed by atoms with Crippen molar-refractivity contribution in [1.29, 1.82) is 0 Å². The van der Waals surface area contributed by atoms with E-state index in [1.165, 1.54) is 0 Å². The summed E-state index contributed by atoms with van der Waals surface area (Å²) in [6, 6.07) is 13.0. The predicted octanol–water partition coefficient (Wildman–Crippen LogP) is 2.21. The molecule has 1 saturated carbocycles. The van der Waals surface area contributed by atoms with E-state index in [4.69, 9.17) is 9.26 Å². The lowest BCUT2D eigenvalue weighted by molar-refractivity contribution is -0.139. The van der Waals surface area contributed by atoms with Crippen LogP contribution in [0.1, 0.15) is 30.2 Å². The molecule has 1 aliphatic carbocycles. The van der Waals surface area contributed by atoms with Crippen LogP contribution in [0.15, 0.2) is 59.4 Å². The topological polar surface area (TPSA) is 110 Å². The number of pyridine rings is 1. The molecule has 1 saturated heterocycles. The molecule has 0 bridgehead atoms. The fraction of sp³-hybridized carbons (Fsp3) is 0.400. The van der Waals surface area contributed by atoms with Crippen LogP contribution >= 0.6 is 0 Å². The Balaban J connectivity index is 1.34. The van der Waals surface area contributed by atoms with E-state index < -0.39 is 0 Å². The molecule has 1 N–H and O–H groups in total. The number of benzene rings is 1. The van der Waals surface area contributed by atoms with Gasteiger partial charge in [-0.05, 0) is 24.5 Å². The Hall–Kier alpha value is -3.59. The molecular formula is C25H27N5O4. The number of rotatable bonds is 6. The summed E-state index contributed by atoms with van der Waals surface area (Å²) in [6.45, 7) is 2.29. The van der Waals surface area contributed by atoms with E-state index in [0.717, 1.165) is 11.1 Å². The first kappa shape index (κ1) is 22.2. The highest BCUT2D eigenvalue weighted by Gasteiger charge is 2.43. The number of morpholine rings is 1. The second-order valence-electron chi connectivity index (χ2n) is 8.75. The largest absolute Gasteiger partial charge is 0.378 e. The molecule has 3 aromatic rings. The fourth-order valence-corrected chi connectivity index (χ4v) is 4.75. The number of amides is 2. The number of carbonyl (C=O) groups excluding carboxylic acids is 2. The van der Waals surface area contributed by atoms with Gasteiger partial charge < -0.3 is 19.5 Å². The Kier molecular flexibility index (Phi) is 6.62. The van der Waals surface area contributed by atoms with E-state index in [9.17, 15) is 9.59 Å². The molecule has 3 heterocycles. The maximum Gasteiger partial charge on any atom is 0.232 e. The van der Waals surface area contributed by atoms with Gasteiger partial charge in [-0.3, -0.25) is 14.6 Å². The number of aromatic nitrogens is 3. The lowest BCUT2D eigenvalue weighted by Gasteiger charge is -2.29. The zero-order valence-electron chi connectivity index (χ0n) is 18.8. The predicted molar refractivity (Wildman–Crippen MR) is 122 cm³/mol. The van der Waals surface area contributed by atoms with Crippen LogP contribution in [0.4, 0.5) is 0 Å². The van der Waals surface area contributed by atoms with Crippen molar-refractivity contribution < 1.29 is 18.8 Å². The number of ether oxygens (including phenoxy) is 1. The van der Waals surface area contributed by atoms with Gasteiger partial charge in [0.25, 0.3) is 0 Å². The first-order chi connectivity index (χ1) is 16.7. The Morgan fingerprint density at radius 1 is 1.06 bits per heavy atom. The molecular weight excluding hydrogens is 434 g/mol. The van der Waals surface area contributed by atoms with Gasteiger partial charge in [0.2, 0.25) is 23.5 Å².